The Kier molecular flexibility index (Phi) is 4.55. The molecular formula is C18H21N5O. The third-order valence-electron chi connectivity index (χ3n) is 4.01. The number of carbonyl (C=O) groups is 1. The van der Waals surface area contributed by atoms with Crippen LogP contribution in [-0.4, -0.2) is 31.5 Å². The predicted octanol–water partition coefficient (Wildman–Crippen LogP) is 2.88. The molecule has 1 atom stereocenters. The Labute approximate surface area is 141 Å². The Bertz CT molecular complexity index is 856. The maximum Gasteiger partial charge on any atom is 0.270 e. The van der Waals surface area contributed by atoms with E-state index in [0.29, 0.717) is 11.3 Å². The molecular weight excluding hydrogens is 302 g/mol. The number of aromatic nitrogens is 4. The number of fused-ring (bicyclic) bond motifs is 1. The molecule has 0 bridgehead atoms. The summed E-state index contributed by atoms with van der Waals surface area (Å²) in [7, 11) is 0. The molecule has 3 rings (SSSR count). The second-order valence-electron chi connectivity index (χ2n) is 5.78. The van der Waals surface area contributed by atoms with Crippen molar-refractivity contribution in [3.05, 3.63) is 47.9 Å². The lowest BCUT2D eigenvalue weighted by Crippen LogP contribution is -2.32. The first-order valence-electron chi connectivity index (χ1n) is 8.24. The first-order chi connectivity index (χ1) is 11.6. The number of aryl methyl sites for hydroxylation is 1. The molecule has 0 aliphatic carbocycles. The molecule has 0 spiro atoms. The zero-order valence-electron chi connectivity index (χ0n) is 14.2. The van der Waals surface area contributed by atoms with Crippen LogP contribution < -0.4 is 5.32 Å². The molecule has 124 valence electrons. The summed E-state index contributed by atoms with van der Waals surface area (Å²) >= 11 is 0. The third-order valence-corrected chi connectivity index (χ3v) is 4.01. The lowest BCUT2D eigenvalue weighted by molar-refractivity contribution is 0.0934. The van der Waals surface area contributed by atoms with Crippen LogP contribution in [0.25, 0.3) is 17.0 Å². The first-order valence-corrected chi connectivity index (χ1v) is 8.24. The highest BCUT2D eigenvalue weighted by atomic mass is 16.1. The Morgan fingerprint density at radius 3 is 2.75 bits per heavy atom. The van der Waals surface area contributed by atoms with Gasteiger partial charge in [-0.25, -0.2) is 9.50 Å². The first kappa shape index (κ1) is 16.1. The van der Waals surface area contributed by atoms with Crippen LogP contribution in [0.3, 0.4) is 0 Å². The topological polar surface area (TPSA) is 72.2 Å². The summed E-state index contributed by atoms with van der Waals surface area (Å²) in [4.78, 5) is 21.2. The number of nitrogens with zero attached hydrogens (tertiary/aromatic N) is 4. The van der Waals surface area contributed by atoms with Crippen LogP contribution >= 0.6 is 0 Å². The molecule has 1 N–H and O–H groups in total. The highest BCUT2D eigenvalue weighted by Gasteiger charge is 2.15. The molecule has 3 aromatic rings. The van der Waals surface area contributed by atoms with Gasteiger partial charge in [0.25, 0.3) is 5.91 Å². The van der Waals surface area contributed by atoms with Crippen LogP contribution in [0.1, 0.15) is 43.4 Å². The molecule has 3 heterocycles. The Morgan fingerprint density at radius 1 is 1.25 bits per heavy atom. The highest BCUT2D eigenvalue weighted by Crippen LogP contribution is 2.18. The largest absolute Gasteiger partial charge is 0.348 e. The van der Waals surface area contributed by atoms with Crippen LogP contribution in [-0.2, 0) is 6.42 Å². The van der Waals surface area contributed by atoms with Gasteiger partial charge >= 0.3 is 0 Å². The van der Waals surface area contributed by atoms with Crippen molar-refractivity contribution < 1.29 is 4.79 Å². The minimum Gasteiger partial charge on any atom is -0.348 e. The lowest BCUT2D eigenvalue weighted by Gasteiger charge is -2.11. The maximum atomic E-state index is 12.4. The maximum absolute atomic E-state index is 12.4. The molecule has 0 aliphatic heterocycles. The molecule has 1 amide bonds. The van der Waals surface area contributed by atoms with E-state index < -0.39 is 0 Å². The number of carbonyl (C=O) groups excluding carboxylic acids is 1. The molecule has 0 saturated heterocycles. The normalized spacial score (nSPS) is 12.3. The molecule has 0 aromatic carbocycles. The monoisotopic (exact) mass is 323 g/mol. The van der Waals surface area contributed by atoms with Crippen molar-refractivity contribution in [2.24, 2.45) is 0 Å². The van der Waals surface area contributed by atoms with E-state index in [9.17, 15) is 4.79 Å². The summed E-state index contributed by atoms with van der Waals surface area (Å²) in [5, 5.41) is 7.55. The average molecular weight is 323 g/mol. The van der Waals surface area contributed by atoms with Crippen LogP contribution in [0.4, 0.5) is 0 Å². The van der Waals surface area contributed by atoms with Crippen LogP contribution in [0.15, 0.2) is 36.5 Å². The lowest BCUT2D eigenvalue weighted by atomic mass is 10.2. The number of amides is 1. The van der Waals surface area contributed by atoms with E-state index in [-0.39, 0.29) is 11.9 Å². The molecule has 0 radical (unpaired) electrons. The zero-order valence-corrected chi connectivity index (χ0v) is 14.2. The van der Waals surface area contributed by atoms with E-state index in [1.54, 1.807) is 16.8 Å². The van der Waals surface area contributed by atoms with Crippen molar-refractivity contribution in [2.75, 3.05) is 0 Å². The molecule has 6 nitrogen and oxygen atoms in total. The fourth-order valence-electron chi connectivity index (χ4n) is 2.44. The van der Waals surface area contributed by atoms with Crippen molar-refractivity contribution in [2.45, 2.75) is 39.7 Å². The summed E-state index contributed by atoms with van der Waals surface area (Å²) in [6.07, 6.45) is 3.37. The molecule has 3 aromatic heterocycles. The van der Waals surface area contributed by atoms with Crippen molar-refractivity contribution in [3.63, 3.8) is 0 Å². The summed E-state index contributed by atoms with van der Waals surface area (Å²) in [6, 6.07) is 9.48. The Morgan fingerprint density at radius 2 is 2.08 bits per heavy atom. The molecule has 24 heavy (non-hydrogen) atoms. The quantitative estimate of drug-likeness (QED) is 0.783. The van der Waals surface area contributed by atoms with Crippen LogP contribution in [0.5, 0.6) is 0 Å². The number of hydrogen-bond donors (Lipinski definition) is 1. The number of nitrogens with one attached hydrogen (secondary N) is 1. The van der Waals surface area contributed by atoms with E-state index in [2.05, 4.69) is 20.4 Å². The van der Waals surface area contributed by atoms with E-state index in [0.717, 1.165) is 29.9 Å². The van der Waals surface area contributed by atoms with Crippen molar-refractivity contribution in [1.29, 1.82) is 0 Å². The van der Waals surface area contributed by atoms with Gasteiger partial charge in [-0.05, 0) is 38.0 Å². The van der Waals surface area contributed by atoms with Gasteiger partial charge in [-0.15, -0.1) is 0 Å². The van der Waals surface area contributed by atoms with E-state index in [1.165, 1.54) is 0 Å². The van der Waals surface area contributed by atoms with Gasteiger partial charge < -0.3 is 5.32 Å². The van der Waals surface area contributed by atoms with Gasteiger partial charge in [-0.1, -0.05) is 19.9 Å². The van der Waals surface area contributed by atoms with Gasteiger partial charge in [0.1, 0.15) is 11.4 Å². The highest BCUT2D eigenvalue weighted by molar-refractivity contribution is 5.93. The molecule has 0 unspecified atom stereocenters. The standard InChI is InChI=1S/C18H21N5O/c1-4-12(3)20-18(24)16-10-13(5-2)23-17(21-16)11-15(22-23)14-8-6-7-9-19-14/h6-12H,4-5H2,1-3H3,(H,20,24)/t12-/m0/s1. The summed E-state index contributed by atoms with van der Waals surface area (Å²) in [6.45, 7) is 6.05. The molecule has 6 heteroatoms. The summed E-state index contributed by atoms with van der Waals surface area (Å²) < 4.78 is 1.78. The predicted molar refractivity (Wildman–Crippen MR) is 92.8 cm³/mol. The number of hydrogen-bond acceptors (Lipinski definition) is 4. The van der Waals surface area contributed by atoms with E-state index in [1.807, 2.05) is 45.0 Å². The van der Waals surface area contributed by atoms with Gasteiger partial charge in [-0.2, -0.15) is 5.10 Å². The average Bonchev–Trinajstić information content (AvgIpc) is 3.05. The molecule has 0 saturated carbocycles. The van der Waals surface area contributed by atoms with Crippen molar-refractivity contribution >= 4 is 11.6 Å². The second-order valence-corrected chi connectivity index (χ2v) is 5.78. The number of pyridine rings is 1. The fraction of sp³-hybridized carbons (Fsp3) is 0.333. The van der Waals surface area contributed by atoms with Crippen molar-refractivity contribution in [3.8, 4) is 11.4 Å². The third kappa shape index (κ3) is 3.13. The van der Waals surface area contributed by atoms with Gasteiger partial charge in [0.05, 0.1) is 5.69 Å². The van der Waals surface area contributed by atoms with Gasteiger partial charge in [-0.3, -0.25) is 9.78 Å². The van der Waals surface area contributed by atoms with Crippen LogP contribution in [0.2, 0.25) is 0 Å². The van der Waals surface area contributed by atoms with Gasteiger partial charge in [0.15, 0.2) is 5.65 Å². The fourth-order valence-corrected chi connectivity index (χ4v) is 2.44. The minimum atomic E-state index is -0.151. The van der Waals surface area contributed by atoms with Gasteiger partial charge in [0, 0.05) is 24.0 Å². The second kappa shape index (κ2) is 6.78. The van der Waals surface area contributed by atoms with E-state index >= 15 is 0 Å². The smallest absolute Gasteiger partial charge is 0.270 e. The SMILES string of the molecule is CCc1cc(C(=O)N[C@@H](C)CC)nc2cc(-c3ccccn3)nn12. The number of rotatable bonds is 5. The molecule has 0 aliphatic rings. The van der Waals surface area contributed by atoms with Gasteiger partial charge in [0.2, 0.25) is 0 Å². The molecule has 0 fully saturated rings. The summed E-state index contributed by atoms with van der Waals surface area (Å²) in [5.74, 6) is -0.151. The zero-order chi connectivity index (χ0) is 17.1. The minimum absolute atomic E-state index is 0.120. The van der Waals surface area contributed by atoms with E-state index in [4.69, 9.17) is 0 Å². The Balaban J connectivity index is 2.04. The van der Waals surface area contributed by atoms with Crippen LogP contribution in [0, 0.1) is 0 Å². The Hall–Kier alpha value is -2.76. The van der Waals surface area contributed by atoms with Crippen molar-refractivity contribution in [1.82, 2.24) is 24.9 Å². The summed E-state index contributed by atoms with van der Waals surface area (Å²) in [5.41, 5.74) is 3.56.